The molecule has 2 aromatic carbocycles. The molecule has 1 aliphatic rings. The Kier molecular flexibility index (Phi) is 4.16. The average Bonchev–Trinajstić information content (AvgIpc) is 3.06. The number of hydrogen-bond donors (Lipinski definition) is 2. The number of fused-ring (bicyclic) bond motifs is 2. The Morgan fingerprint density at radius 1 is 1.08 bits per heavy atom. The first-order chi connectivity index (χ1) is 12.6. The summed E-state index contributed by atoms with van der Waals surface area (Å²) in [5.74, 6) is -0.132. The van der Waals surface area contributed by atoms with Crippen molar-refractivity contribution in [2.75, 3.05) is 0 Å². The van der Waals surface area contributed by atoms with Crippen LogP contribution in [0.25, 0.3) is 10.8 Å². The maximum absolute atomic E-state index is 12.5. The number of benzene rings is 2. The predicted molar refractivity (Wildman–Crippen MR) is 99.1 cm³/mol. The van der Waals surface area contributed by atoms with Crippen molar-refractivity contribution < 1.29 is 4.79 Å². The van der Waals surface area contributed by atoms with Crippen LogP contribution >= 0.6 is 0 Å². The predicted octanol–water partition coefficient (Wildman–Crippen LogP) is 1.88. The van der Waals surface area contributed by atoms with Crippen molar-refractivity contribution in [2.45, 2.75) is 31.8 Å². The number of nitrogens with zero attached hydrogens (tertiary/aromatic N) is 1. The molecule has 1 atom stereocenters. The molecule has 3 aromatic rings. The Morgan fingerprint density at radius 3 is 2.65 bits per heavy atom. The van der Waals surface area contributed by atoms with Gasteiger partial charge in [0.1, 0.15) is 0 Å². The van der Waals surface area contributed by atoms with Crippen molar-refractivity contribution in [3.05, 3.63) is 80.4 Å². The maximum atomic E-state index is 12.5. The van der Waals surface area contributed by atoms with Crippen LogP contribution in [0.2, 0.25) is 0 Å². The highest BCUT2D eigenvalue weighted by molar-refractivity contribution is 5.80. The molecule has 0 bridgehead atoms. The molecule has 1 aromatic heterocycles. The van der Waals surface area contributed by atoms with Gasteiger partial charge in [0, 0.05) is 6.42 Å². The lowest BCUT2D eigenvalue weighted by Crippen LogP contribution is -2.33. The summed E-state index contributed by atoms with van der Waals surface area (Å²) < 4.78 is 1.22. The smallest absolute Gasteiger partial charge is 0.273 e. The van der Waals surface area contributed by atoms with E-state index in [1.165, 1.54) is 10.2 Å². The Morgan fingerprint density at radius 2 is 1.81 bits per heavy atom. The van der Waals surface area contributed by atoms with E-state index >= 15 is 0 Å². The summed E-state index contributed by atoms with van der Waals surface area (Å²) in [5.41, 5.74) is 1.81. The molecule has 1 unspecified atom stereocenters. The van der Waals surface area contributed by atoms with Crippen LogP contribution in [0.1, 0.15) is 30.0 Å². The van der Waals surface area contributed by atoms with Gasteiger partial charge >= 0.3 is 0 Å². The van der Waals surface area contributed by atoms with Gasteiger partial charge in [-0.1, -0.05) is 36.4 Å². The Bertz CT molecular complexity index is 1100. The second-order valence-corrected chi connectivity index (χ2v) is 6.55. The fourth-order valence-electron chi connectivity index (χ4n) is 3.59. The van der Waals surface area contributed by atoms with Crippen LogP contribution in [0.4, 0.5) is 0 Å². The number of aromatic amines is 1. The molecular formula is C20H19N3O3. The molecule has 26 heavy (non-hydrogen) atoms. The van der Waals surface area contributed by atoms with E-state index < -0.39 is 0 Å². The van der Waals surface area contributed by atoms with Crippen LogP contribution < -0.4 is 16.4 Å². The van der Waals surface area contributed by atoms with Gasteiger partial charge in [0.05, 0.1) is 23.4 Å². The fourth-order valence-corrected chi connectivity index (χ4v) is 3.59. The molecule has 0 spiro atoms. The Hall–Kier alpha value is -3.15. The maximum Gasteiger partial charge on any atom is 0.273 e. The van der Waals surface area contributed by atoms with Gasteiger partial charge in [-0.25, -0.2) is 4.68 Å². The number of aryl methyl sites for hydroxylation is 2. The molecule has 6 heteroatoms. The summed E-state index contributed by atoms with van der Waals surface area (Å²) in [7, 11) is 0. The average molecular weight is 349 g/mol. The van der Waals surface area contributed by atoms with E-state index in [4.69, 9.17) is 0 Å². The van der Waals surface area contributed by atoms with Gasteiger partial charge in [-0.15, -0.1) is 0 Å². The molecule has 1 heterocycles. The third-order valence-corrected chi connectivity index (χ3v) is 4.91. The van der Waals surface area contributed by atoms with Crippen molar-refractivity contribution >= 4 is 16.7 Å². The number of rotatable bonds is 4. The number of carbonyl (C=O) groups excluding carboxylic acids is 1. The van der Waals surface area contributed by atoms with Crippen LogP contribution in [0.15, 0.2) is 58.1 Å². The van der Waals surface area contributed by atoms with Gasteiger partial charge in [0.2, 0.25) is 5.91 Å². The second kappa shape index (κ2) is 6.63. The highest BCUT2D eigenvalue weighted by Crippen LogP contribution is 2.30. The van der Waals surface area contributed by atoms with Crippen molar-refractivity contribution in [3.63, 3.8) is 0 Å². The number of nitrogens with one attached hydrogen (secondary N) is 2. The number of carbonyl (C=O) groups is 1. The molecule has 2 N–H and O–H groups in total. The van der Waals surface area contributed by atoms with Gasteiger partial charge in [-0.3, -0.25) is 19.5 Å². The molecule has 1 amide bonds. The molecule has 0 radical (unpaired) electrons. The lowest BCUT2D eigenvalue weighted by molar-refractivity contribution is -0.122. The zero-order valence-corrected chi connectivity index (χ0v) is 14.2. The van der Waals surface area contributed by atoms with E-state index in [9.17, 15) is 14.4 Å². The molecular weight excluding hydrogens is 330 g/mol. The zero-order chi connectivity index (χ0) is 18.1. The standard InChI is InChI=1S/C20H19N3O3/c24-18(21-17-10-9-13-5-1-2-6-14(13)17)11-12-23-20(26)16-8-4-3-7-15(16)19(25)22-23/h1-8,17H,9-12H2,(H,21,24)(H,22,25). The van der Waals surface area contributed by atoms with E-state index in [0.717, 1.165) is 18.4 Å². The van der Waals surface area contributed by atoms with E-state index in [0.29, 0.717) is 10.8 Å². The molecule has 0 fully saturated rings. The van der Waals surface area contributed by atoms with E-state index in [2.05, 4.69) is 16.5 Å². The minimum atomic E-state index is -0.328. The molecule has 132 valence electrons. The first-order valence-corrected chi connectivity index (χ1v) is 8.72. The molecule has 0 saturated carbocycles. The zero-order valence-electron chi connectivity index (χ0n) is 14.2. The number of aromatic nitrogens is 2. The van der Waals surface area contributed by atoms with E-state index in [-0.39, 0.29) is 36.0 Å². The van der Waals surface area contributed by atoms with Crippen LogP contribution in [0, 0.1) is 0 Å². The molecule has 0 saturated heterocycles. The summed E-state index contributed by atoms with van der Waals surface area (Å²) in [6.07, 6.45) is 1.98. The van der Waals surface area contributed by atoms with E-state index in [1.807, 2.05) is 18.2 Å². The van der Waals surface area contributed by atoms with Crippen molar-refractivity contribution in [1.29, 1.82) is 0 Å². The lowest BCUT2D eigenvalue weighted by atomic mass is 10.1. The lowest BCUT2D eigenvalue weighted by Gasteiger charge is -2.14. The van der Waals surface area contributed by atoms with Gasteiger partial charge < -0.3 is 5.32 Å². The third kappa shape index (κ3) is 2.94. The normalized spacial score (nSPS) is 15.8. The van der Waals surface area contributed by atoms with Gasteiger partial charge in [0.15, 0.2) is 0 Å². The quantitative estimate of drug-likeness (QED) is 0.754. The Labute approximate surface area is 149 Å². The summed E-state index contributed by atoms with van der Waals surface area (Å²) in [5, 5.41) is 6.31. The fraction of sp³-hybridized carbons (Fsp3) is 0.250. The van der Waals surface area contributed by atoms with Gasteiger partial charge in [-0.2, -0.15) is 0 Å². The van der Waals surface area contributed by atoms with Crippen LogP contribution in [0.5, 0.6) is 0 Å². The summed E-state index contributed by atoms with van der Waals surface area (Å²) in [6, 6.07) is 14.8. The first kappa shape index (κ1) is 16.3. The number of hydrogen-bond acceptors (Lipinski definition) is 3. The molecule has 1 aliphatic carbocycles. The molecule has 6 nitrogen and oxygen atoms in total. The molecule has 4 rings (SSSR count). The van der Waals surface area contributed by atoms with Crippen LogP contribution in [-0.4, -0.2) is 15.7 Å². The molecule has 0 aliphatic heterocycles. The number of amides is 1. The highest BCUT2D eigenvalue weighted by Gasteiger charge is 2.23. The largest absolute Gasteiger partial charge is 0.349 e. The van der Waals surface area contributed by atoms with Crippen molar-refractivity contribution in [3.8, 4) is 0 Å². The SMILES string of the molecule is O=C(CCn1[nH]c(=O)c2ccccc2c1=O)NC1CCc2ccccc21. The third-order valence-electron chi connectivity index (χ3n) is 4.91. The van der Waals surface area contributed by atoms with E-state index in [1.54, 1.807) is 24.3 Å². The van der Waals surface area contributed by atoms with Crippen LogP contribution in [0.3, 0.4) is 0 Å². The van der Waals surface area contributed by atoms with Gasteiger partial charge in [0.25, 0.3) is 11.1 Å². The minimum Gasteiger partial charge on any atom is -0.349 e. The topological polar surface area (TPSA) is 84.0 Å². The summed E-state index contributed by atoms with van der Waals surface area (Å²) >= 11 is 0. The second-order valence-electron chi connectivity index (χ2n) is 6.55. The Balaban J connectivity index is 1.47. The number of H-pyrrole nitrogens is 1. The monoisotopic (exact) mass is 349 g/mol. The first-order valence-electron chi connectivity index (χ1n) is 8.72. The highest BCUT2D eigenvalue weighted by atomic mass is 16.2. The summed E-state index contributed by atoms with van der Waals surface area (Å²) in [6.45, 7) is 0.138. The van der Waals surface area contributed by atoms with Gasteiger partial charge in [-0.05, 0) is 36.1 Å². The van der Waals surface area contributed by atoms with Crippen molar-refractivity contribution in [1.82, 2.24) is 15.1 Å². The minimum absolute atomic E-state index is 0.0195. The van der Waals surface area contributed by atoms with Crippen LogP contribution in [-0.2, 0) is 17.8 Å². The van der Waals surface area contributed by atoms with Crippen molar-refractivity contribution in [2.24, 2.45) is 0 Å². The summed E-state index contributed by atoms with van der Waals surface area (Å²) in [4.78, 5) is 36.9.